The van der Waals surface area contributed by atoms with Crippen molar-refractivity contribution >= 4 is 11.6 Å². The Bertz CT molecular complexity index is 613. The van der Waals surface area contributed by atoms with Crippen LogP contribution >= 0.6 is 11.6 Å². The van der Waals surface area contributed by atoms with Crippen LogP contribution in [0, 0.1) is 12.7 Å². The van der Waals surface area contributed by atoms with Gasteiger partial charge >= 0.3 is 0 Å². The number of aromatic nitrogens is 2. The Morgan fingerprint density at radius 2 is 2.20 bits per heavy atom. The lowest BCUT2D eigenvalue weighted by Gasteiger charge is -2.11. The zero-order valence-electron chi connectivity index (χ0n) is 11.5. The minimum absolute atomic E-state index is 0.277. The fraction of sp³-hybridized carbons (Fsp3) is 0.357. The number of aryl methyl sites for hydroxylation is 2. The first-order valence-electron chi connectivity index (χ1n) is 6.32. The standard InChI is InChI=1S/C14H17ClFN3O/c1-9-14(15)12(19(2)18-9)8-20-13-4-3-11(16)7-10(13)5-6-17/h3-4,7H,5-6,8,17H2,1-2H3. The van der Waals surface area contributed by atoms with E-state index in [1.165, 1.54) is 12.1 Å². The molecule has 2 rings (SSSR count). The summed E-state index contributed by atoms with van der Waals surface area (Å²) in [7, 11) is 1.81. The molecule has 0 aliphatic carbocycles. The molecule has 2 aromatic rings. The first-order valence-corrected chi connectivity index (χ1v) is 6.70. The van der Waals surface area contributed by atoms with Crippen LogP contribution in [-0.2, 0) is 20.1 Å². The van der Waals surface area contributed by atoms with Crippen molar-refractivity contribution in [3.63, 3.8) is 0 Å². The Morgan fingerprint density at radius 3 is 2.80 bits per heavy atom. The van der Waals surface area contributed by atoms with E-state index in [0.717, 1.165) is 17.0 Å². The van der Waals surface area contributed by atoms with Gasteiger partial charge in [0.1, 0.15) is 18.2 Å². The van der Waals surface area contributed by atoms with Crippen LogP contribution in [0.4, 0.5) is 4.39 Å². The lowest BCUT2D eigenvalue weighted by atomic mass is 10.1. The highest BCUT2D eigenvalue weighted by molar-refractivity contribution is 6.31. The molecule has 0 saturated carbocycles. The summed E-state index contributed by atoms with van der Waals surface area (Å²) >= 11 is 6.16. The van der Waals surface area contributed by atoms with Gasteiger partial charge in [-0.2, -0.15) is 5.10 Å². The van der Waals surface area contributed by atoms with E-state index in [1.54, 1.807) is 10.7 Å². The molecule has 0 aliphatic heterocycles. The van der Waals surface area contributed by atoms with Gasteiger partial charge in [-0.3, -0.25) is 4.68 Å². The van der Waals surface area contributed by atoms with Gasteiger partial charge in [-0.05, 0) is 43.7 Å². The number of rotatable bonds is 5. The molecule has 0 radical (unpaired) electrons. The molecular weight excluding hydrogens is 281 g/mol. The van der Waals surface area contributed by atoms with Gasteiger partial charge in [-0.15, -0.1) is 0 Å². The van der Waals surface area contributed by atoms with Crippen molar-refractivity contribution in [3.8, 4) is 5.75 Å². The number of nitrogens with two attached hydrogens (primary N) is 1. The lowest BCUT2D eigenvalue weighted by Crippen LogP contribution is -2.08. The van der Waals surface area contributed by atoms with Gasteiger partial charge in [-0.1, -0.05) is 11.6 Å². The quantitative estimate of drug-likeness (QED) is 0.923. The molecule has 0 saturated heterocycles. The maximum absolute atomic E-state index is 13.2. The fourth-order valence-electron chi connectivity index (χ4n) is 2.02. The molecule has 0 aliphatic rings. The zero-order valence-corrected chi connectivity index (χ0v) is 12.2. The molecule has 0 fully saturated rings. The van der Waals surface area contributed by atoms with Crippen molar-refractivity contribution in [3.05, 3.63) is 46.0 Å². The molecule has 1 aromatic carbocycles. The third kappa shape index (κ3) is 3.11. The van der Waals surface area contributed by atoms with Crippen LogP contribution in [0.1, 0.15) is 17.0 Å². The molecule has 0 atom stereocenters. The lowest BCUT2D eigenvalue weighted by molar-refractivity contribution is 0.291. The summed E-state index contributed by atoms with van der Waals surface area (Å²) in [6, 6.07) is 4.42. The average molecular weight is 298 g/mol. The minimum atomic E-state index is -0.296. The zero-order chi connectivity index (χ0) is 14.7. The van der Waals surface area contributed by atoms with E-state index in [-0.39, 0.29) is 12.4 Å². The fourth-order valence-corrected chi connectivity index (χ4v) is 2.24. The van der Waals surface area contributed by atoms with Gasteiger partial charge in [0.2, 0.25) is 0 Å². The Labute approximate surface area is 122 Å². The van der Waals surface area contributed by atoms with E-state index < -0.39 is 0 Å². The Hall–Kier alpha value is -1.59. The molecule has 0 amide bonds. The number of halogens is 2. The Kier molecular flexibility index (Phi) is 4.62. The number of benzene rings is 1. The first kappa shape index (κ1) is 14.8. The van der Waals surface area contributed by atoms with Crippen LogP contribution in [0.15, 0.2) is 18.2 Å². The summed E-state index contributed by atoms with van der Waals surface area (Å²) in [6.45, 7) is 2.55. The number of hydrogen-bond acceptors (Lipinski definition) is 3. The highest BCUT2D eigenvalue weighted by Gasteiger charge is 2.13. The molecule has 1 aromatic heterocycles. The van der Waals surface area contributed by atoms with Crippen molar-refractivity contribution in [1.29, 1.82) is 0 Å². The van der Waals surface area contributed by atoms with E-state index in [1.807, 2.05) is 14.0 Å². The molecule has 0 unspecified atom stereocenters. The molecule has 20 heavy (non-hydrogen) atoms. The van der Waals surface area contributed by atoms with Crippen molar-refractivity contribution in [2.75, 3.05) is 6.54 Å². The first-order chi connectivity index (χ1) is 9.52. The topological polar surface area (TPSA) is 53.1 Å². The normalized spacial score (nSPS) is 10.8. The van der Waals surface area contributed by atoms with E-state index in [9.17, 15) is 4.39 Å². The van der Waals surface area contributed by atoms with Gasteiger partial charge in [0, 0.05) is 7.05 Å². The van der Waals surface area contributed by atoms with Gasteiger partial charge in [0.05, 0.1) is 16.4 Å². The maximum Gasteiger partial charge on any atom is 0.131 e. The predicted molar refractivity (Wildman–Crippen MR) is 76.4 cm³/mol. The highest BCUT2D eigenvalue weighted by atomic mass is 35.5. The van der Waals surface area contributed by atoms with Crippen LogP contribution in [0.25, 0.3) is 0 Å². The molecule has 4 nitrogen and oxygen atoms in total. The largest absolute Gasteiger partial charge is 0.487 e. The van der Waals surface area contributed by atoms with Gasteiger partial charge in [0.15, 0.2) is 0 Å². The maximum atomic E-state index is 13.2. The van der Waals surface area contributed by atoms with E-state index in [4.69, 9.17) is 22.1 Å². The summed E-state index contributed by atoms with van der Waals surface area (Å²) in [5, 5.41) is 4.81. The van der Waals surface area contributed by atoms with Crippen LogP contribution in [0.5, 0.6) is 5.75 Å². The Balaban J connectivity index is 2.18. The summed E-state index contributed by atoms with van der Waals surface area (Å²) < 4.78 is 20.7. The smallest absolute Gasteiger partial charge is 0.131 e. The van der Waals surface area contributed by atoms with Crippen molar-refractivity contribution in [1.82, 2.24) is 9.78 Å². The molecule has 2 N–H and O–H groups in total. The van der Waals surface area contributed by atoms with E-state index >= 15 is 0 Å². The second-order valence-corrected chi connectivity index (χ2v) is 4.93. The second kappa shape index (κ2) is 6.24. The van der Waals surface area contributed by atoms with Crippen LogP contribution < -0.4 is 10.5 Å². The average Bonchev–Trinajstić information content (AvgIpc) is 2.64. The third-order valence-corrected chi connectivity index (χ3v) is 3.55. The van der Waals surface area contributed by atoms with E-state index in [0.29, 0.717) is 23.7 Å². The van der Waals surface area contributed by atoms with Gasteiger partial charge in [-0.25, -0.2) is 4.39 Å². The van der Waals surface area contributed by atoms with Crippen LogP contribution in [-0.4, -0.2) is 16.3 Å². The molecule has 108 valence electrons. The number of ether oxygens (including phenoxy) is 1. The highest BCUT2D eigenvalue weighted by Crippen LogP contribution is 2.24. The summed E-state index contributed by atoms with van der Waals surface area (Å²) in [6.07, 6.45) is 0.561. The SMILES string of the molecule is Cc1nn(C)c(COc2ccc(F)cc2CCN)c1Cl. The van der Waals surface area contributed by atoms with Crippen molar-refractivity contribution in [2.24, 2.45) is 12.8 Å². The van der Waals surface area contributed by atoms with Crippen LogP contribution in [0.2, 0.25) is 5.02 Å². The molecule has 0 bridgehead atoms. The Morgan fingerprint density at radius 1 is 1.45 bits per heavy atom. The number of nitrogens with zero attached hydrogens (tertiary/aromatic N) is 2. The molecule has 1 heterocycles. The third-order valence-electron chi connectivity index (χ3n) is 3.06. The summed E-state index contributed by atoms with van der Waals surface area (Å²) in [4.78, 5) is 0. The van der Waals surface area contributed by atoms with Crippen LogP contribution in [0.3, 0.4) is 0 Å². The van der Waals surface area contributed by atoms with E-state index in [2.05, 4.69) is 5.10 Å². The molecule has 0 spiro atoms. The van der Waals surface area contributed by atoms with Gasteiger partial charge < -0.3 is 10.5 Å². The second-order valence-electron chi connectivity index (χ2n) is 4.55. The molecule has 6 heteroatoms. The molecular formula is C14H17ClFN3O. The minimum Gasteiger partial charge on any atom is -0.487 e. The summed E-state index contributed by atoms with van der Waals surface area (Å²) in [5.41, 5.74) is 7.82. The monoisotopic (exact) mass is 297 g/mol. The van der Waals surface area contributed by atoms with Crippen molar-refractivity contribution < 1.29 is 9.13 Å². The number of hydrogen-bond donors (Lipinski definition) is 1. The predicted octanol–water partition coefficient (Wildman–Crippen LogP) is 2.60. The van der Waals surface area contributed by atoms with Gasteiger partial charge in [0.25, 0.3) is 0 Å². The van der Waals surface area contributed by atoms with Crippen molar-refractivity contribution in [2.45, 2.75) is 20.0 Å². The summed E-state index contributed by atoms with van der Waals surface area (Å²) in [5.74, 6) is 0.321.